The molecular weight excluding hydrogens is 452 g/mol. The van der Waals surface area contributed by atoms with E-state index in [1.54, 1.807) is 0 Å². The summed E-state index contributed by atoms with van der Waals surface area (Å²) in [5.74, 6) is 1.53. The molecule has 0 spiro atoms. The third-order valence-corrected chi connectivity index (χ3v) is 8.67. The van der Waals surface area contributed by atoms with Crippen LogP contribution >= 0.6 is 15.9 Å². The zero-order chi connectivity index (χ0) is 20.9. The SMILES string of the molecule is Cc1ccc2c(C(=O)NC3CC4CCC(C4)C3)c(C)n(CCS(C)(=O)=O)c2c1Br. The van der Waals surface area contributed by atoms with E-state index < -0.39 is 9.84 Å². The molecule has 1 N–H and O–H groups in total. The highest BCUT2D eigenvalue weighted by Gasteiger charge is 2.35. The quantitative estimate of drug-likeness (QED) is 0.690. The van der Waals surface area contributed by atoms with E-state index in [9.17, 15) is 13.2 Å². The fourth-order valence-corrected chi connectivity index (χ4v) is 6.41. The van der Waals surface area contributed by atoms with Crippen LogP contribution in [0.2, 0.25) is 0 Å². The molecule has 2 aliphatic carbocycles. The summed E-state index contributed by atoms with van der Waals surface area (Å²) in [6, 6.07) is 4.24. The van der Waals surface area contributed by atoms with Crippen LogP contribution in [0.25, 0.3) is 10.9 Å². The predicted molar refractivity (Wildman–Crippen MR) is 120 cm³/mol. The van der Waals surface area contributed by atoms with Gasteiger partial charge in [-0.3, -0.25) is 4.79 Å². The van der Waals surface area contributed by atoms with Crippen LogP contribution in [0.5, 0.6) is 0 Å². The highest BCUT2D eigenvalue weighted by molar-refractivity contribution is 9.10. The van der Waals surface area contributed by atoms with Gasteiger partial charge in [-0.05, 0) is 66.4 Å². The smallest absolute Gasteiger partial charge is 0.253 e. The maximum Gasteiger partial charge on any atom is 0.253 e. The number of nitrogens with zero attached hydrogens (tertiary/aromatic N) is 1. The fraction of sp³-hybridized carbons (Fsp3) is 0.591. The number of benzene rings is 1. The number of carbonyl (C=O) groups is 1. The minimum atomic E-state index is -3.11. The molecule has 0 radical (unpaired) electrons. The molecule has 1 heterocycles. The van der Waals surface area contributed by atoms with Crippen LogP contribution in [0, 0.1) is 25.7 Å². The van der Waals surface area contributed by atoms with E-state index in [0.29, 0.717) is 12.1 Å². The first-order valence-electron chi connectivity index (χ1n) is 10.4. The Balaban J connectivity index is 1.70. The minimum Gasteiger partial charge on any atom is -0.349 e. The van der Waals surface area contributed by atoms with Crippen molar-refractivity contribution in [3.8, 4) is 0 Å². The van der Waals surface area contributed by atoms with Crippen molar-refractivity contribution in [1.82, 2.24) is 9.88 Å². The van der Waals surface area contributed by atoms with Crippen molar-refractivity contribution in [2.24, 2.45) is 11.8 Å². The standard InChI is InChI=1S/C22H29BrN2O3S/c1-13-4-7-18-19(22(26)24-17-11-15-5-6-16(10-15)12-17)14(2)25(21(18)20(13)23)8-9-29(3,27)28/h4,7,15-17H,5-6,8-12H2,1-3H3,(H,24,26). The Morgan fingerprint density at radius 1 is 1.17 bits per heavy atom. The number of sulfone groups is 1. The molecule has 5 nitrogen and oxygen atoms in total. The Morgan fingerprint density at radius 3 is 2.45 bits per heavy atom. The molecule has 2 aromatic rings. The molecule has 158 valence electrons. The number of hydrogen-bond acceptors (Lipinski definition) is 3. The van der Waals surface area contributed by atoms with Crippen molar-refractivity contribution >= 4 is 42.6 Å². The van der Waals surface area contributed by atoms with Crippen LogP contribution in [0.4, 0.5) is 0 Å². The van der Waals surface area contributed by atoms with Crippen LogP contribution in [0.3, 0.4) is 0 Å². The number of carbonyl (C=O) groups excluding carboxylic acids is 1. The Bertz CT molecular complexity index is 1060. The molecule has 0 aliphatic heterocycles. The van der Waals surface area contributed by atoms with Crippen molar-refractivity contribution in [2.45, 2.75) is 58.5 Å². The summed E-state index contributed by atoms with van der Waals surface area (Å²) in [5.41, 5.74) is 3.46. The average molecular weight is 481 g/mol. The summed E-state index contributed by atoms with van der Waals surface area (Å²) in [6.07, 6.45) is 7.33. The Kier molecular flexibility index (Phi) is 5.57. The molecule has 0 saturated heterocycles. The summed E-state index contributed by atoms with van der Waals surface area (Å²) in [7, 11) is -3.11. The molecule has 1 aromatic carbocycles. The largest absolute Gasteiger partial charge is 0.349 e. The highest BCUT2D eigenvalue weighted by atomic mass is 79.9. The van der Waals surface area contributed by atoms with Gasteiger partial charge in [0.15, 0.2) is 0 Å². The van der Waals surface area contributed by atoms with Crippen molar-refractivity contribution in [1.29, 1.82) is 0 Å². The second kappa shape index (κ2) is 7.73. The van der Waals surface area contributed by atoms with Gasteiger partial charge in [0.05, 0.1) is 16.8 Å². The number of nitrogens with one attached hydrogen (secondary N) is 1. The number of rotatable bonds is 5. The van der Waals surface area contributed by atoms with Crippen molar-refractivity contribution in [3.05, 3.63) is 33.4 Å². The molecule has 2 bridgehead atoms. The van der Waals surface area contributed by atoms with Gasteiger partial charge in [-0.25, -0.2) is 8.42 Å². The summed E-state index contributed by atoms with van der Waals surface area (Å²) in [4.78, 5) is 13.3. The Hall–Kier alpha value is -1.34. The lowest BCUT2D eigenvalue weighted by atomic mass is 9.85. The molecule has 2 unspecified atom stereocenters. The first kappa shape index (κ1) is 20.9. The van der Waals surface area contributed by atoms with E-state index >= 15 is 0 Å². The number of amides is 1. The molecule has 2 saturated carbocycles. The molecule has 2 fully saturated rings. The van der Waals surface area contributed by atoms with Gasteiger partial charge in [-0.1, -0.05) is 25.0 Å². The summed E-state index contributed by atoms with van der Waals surface area (Å²) < 4.78 is 26.4. The molecule has 7 heteroatoms. The van der Waals surface area contributed by atoms with E-state index in [4.69, 9.17) is 0 Å². The third-order valence-electron chi connectivity index (χ3n) is 6.75. The first-order valence-corrected chi connectivity index (χ1v) is 13.3. The van der Waals surface area contributed by atoms with Gasteiger partial charge < -0.3 is 9.88 Å². The van der Waals surface area contributed by atoms with Gasteiger partial charge in [0.1, 0.15) is 9.84 Å². The van der Waals surface area contributed by atoms with Crippen LogP contribution in [0.1, 0.15) is 53.7 Å². The zero-order valence-electron chi connectivity index (χ0n) is 17.3. The van der Waals surface area contributed by atoms with Gasteiger partial charge in [0.25, 0.3) is 5.91 Å². The van der Waals surface area contributed by atoms with Gasteiger partial charge in [0.2, 0.25) is 0 Å². The van der Waals surface area contributed by atoms with Crippen LogP contribution < -0.4 is 5.32 Å². The maximum absolute atomic E-state index is 13.3. The number of fused-ring (bicyclic) bond motifs is 3. The lowest BCUT2D eigenvalue weighted by Gasteiger charge is -2.28. The third kappa shape index (κ3) is 4.13. The van der Waals surface area contributed by atoms with Crippen LogP contribution in [-0.2, 0) is 16.4 Å². The van der Waals surface area contributed by atoms with Crippen molar-refractivity contribution in [2.75, 3.05) is 12.0 Å². The molecule has 1 amide bonds. The summed E-state index contributed by atoms with van der Waals surface area (Å²) >= 11 is 3.67. The molecule has 1 aromatic heterocycles. The number of aromatic nitrogens is 1. The summed E-state index contributed by atoms with van der Waals surface area (Å²) in [6.45, 7) is 4.26. The van der Waals surface area contributed by atoms with E-state index in [1.807, 2.05) is 30.5 Å². The van der Waals surface area contributed by atoms with Crippen molar-refractivity contribution in [3.63, 3.8) is 0 Å². The van der Waals surface area contributed by atoms with Gasteiger partial charge in [-0.2, -0.15) is 0 Å². The maximum atomic E-state index is 13.3. The number of hydrogen-bond donors (Lipinski definition) is 1. The molecule has 29 heavy (non-hydrogen) atoms. The topological polar surface area (TPSA) is 68.2 Å². The van der Waals surface area contributed by atoms with Crippen molar-refractivity contribution < 1.29 is 13.2 Å². The fourth-order valence-electron chi connectivity index (χ4n) is 5.33. The predicted octanol–water partition coefficient (Wildman–Crippen LogP) is 4.37. The lowest BCUT2D eigenvalue weighted by Crippen LogP contribution is -2.39. The number of aryl methyl sites for hydroxylation is 2. The molecule has 2 aliphatic rings. The monoisotopic (exact) mass is 480 g/mol. The van der Waals surface area contributed by atoms with E-state index in [0.717, 1.165) is 51.3 Å². The summed E-state index contributed by atoms with van der Waals surface area (Å²) in [5, 5.41) is 4.18. The van der Waals surface area contributed by atoms with Gasteiger partial charge >= 0.3 is 0 Å². The molecular formula is C22H29BrN2O3S. The minimum absolute atomic E-state index is 0.0346. The van der Waals surface area contributed by atoms with Crippen LogP contribution in [-0.4, -0.2) is 36.9 Å². The van der Waals surface area contributed by atoms with Crippen LogP contribution in [0.15, 0.2) is 16.6 Å². The van der Waals surface area contributed by atoms with Gasteiger partial charge in [0, 0.05) is 34.4 Å². The normalized spacial score (nSPS) is 24.2. The average Bonchev–Trinajstić information content (AvgIpc) is 3.12. The Labute approximate surface area is 181 Å². The zero-order valence-corrected chi connectivity index (χ0v) is 19.7. The highest BCUT2D eigenvalue weighted by Crippen LogP contribution is 2.42. The lowest BCUT2D eigenvalue weighted by molar-refractivity contribution is 0.0919. The second-order valence-electron chi connectivity index (χ2n) is 9.02. The second-order valence-corrected chi connectivity index (χ2v) is 12.1. The van der Waals surface area contributed by atoms with E-state index in [-0.39, 0.29) is 17.7 Å². The first-order chi connectivity index (χ1) is 13.6. The Morgan fingerprint density at radius 2 is 1.83 bits per heavy atom. The molecule has 2 atom stereocenters. The molecule has 4 rings (SSSR count). The van der Waals surface area contributed by atoms with Gasteiger partial charge in [-0.15, -0.1) is 0 Å². The van der Waals surface area contributed by atoms with E-state index in [1.165, 1.54) is 25.5 Å². The number of halogens is 1. The van der Waals surface area contributed by atoms with E-state index in [2.05, 4.69) is 21.2 Å².